The molecule has 1 aromatic carbocycles. The Balaban J connectivity index is 1.72. The van der Waals surface area contributed by atoms with E-state index in [1.54, 1.807) is 13.2 Å². The van der Waals surface area contributed by atoms with E-state index in [-0.39, 0.29) is 11.8 Å². The number of ether oxygens (including phenoxy) is 1. The summed E-state index contributed by atoms with van der Waals surface area (Å²) in [4.78, 5) is 24.6. The summed E-state index contributed by atoms with van der Waals surface area (Å²) < 4.78 is 19.0. The second-order valence-corrected chi connectivity index (χ2v) is 6.31. The number of anilines is 1. The fourth-order valence-corrected chi connectivity index (χ4v) is 3.03. The van der Waals surface area contributed by atoms with Crippen molar-refractivity contribution in [1.29, 1.82) is 0 Å². The molecule has 3 rings (SSSR count). The molecule has 1 fully saturated rings. The van der Waals surface area contributed by atoms with Gasteiger partial charge in [-0.15, -0.1) is 0 Å². The molecule has 0 atom stereocenters. The van der Waals surface area contributed by atoms with Crippen molar-refractivity contribution >= 4 is 11.8 Å². The molecule has 0 aliphatic carbocycles. The predicted octanol–water partition coefficient (Wildman–Crippen LogP) is 2.53. The summed E-state index contributed by atoms with van der Waals surface area (Å²) >= 11 is 0. The van der Waals surface area contributed by atoms with Gasteiger partial charge in [0.15, 0.2) is 0 Å². The lowest BCUT2D eigenvalue weighted by Gasteiger charge is -2.35. The molecule has 0 spiro atoms. The maximum absolute atomic E-state index is 13.7. The van der Waals surface area contributed by atoms with Crippen LogP contribution in [0.2, 0.25) is 0 Å². The zero-order valence-corrected chi connectivity index (χ0v) is 15.6. The molecule has 1 saturated heterocycles. The van der Waals surface area contributed by atoms with E-state index in [1.807, 2.05) is 17.9 Å². The van der Waals surface area contributed by atoms with Crippen LogP contribution < -0.4 is 15.0 Å². The second kappa shape index (κ2) is 8.66. The minimum Gasteiger partial charge on any atom is -0.496 e. The molecule has 2 amide bonds. The SMILES string of the molecule is CCCNC(=O)N1CCN(c2cc(-c3cc(F)ccc3OC)ncn2)CC1. The van der Waals surface area contributed by atoms with Gasteiger partial charge in [-0.1, -0.05) is 6.92 Å². The van der Waals surface area contributed by atoms with Gasteiger partial charge in [0.1, 0.15) is 23.7 Å². The summed E-state index contributed by atoms with van der Waals surface area (Å²) in [5.74, 6) is 0.955. The van der Waals surface area contributed by atoms with Crippen LogP contribution in [0.5, 0.6) is 5.75 Å². The van der Waals surface area contributed by atoms with Crippen LogP contribution in [0.4, 0.5) is 15.0 Å². The minimum absolute atomic E-state index is 0.0237. The normalized spacial score (nSPS) is 14.2. The Morgan fingerprint density at radius 2 is 2.00 bits per heavy atom. The quantitative estimate of drug-likeness (QED) is 0.872. The van der Waals surface area contributed by atoms with Gasteiger partial charge in [-0.05, 0) is 24.6 Å². The van der Waals surface area contributed by atoms with Gasteiger partial charge in [-0.2, -0.15) is 0 Å². The molecule has 1 aliphatic rings. The number of halogens is 1. The summed E-state index contributed by atoms with van der Waals surface area (Å²) in [6.45, 7) is 5.31. The van der Waals surface area contributed by atoms with E-state index in [4.69, 9.17) is 4.74 Å². The number of nitrogens with one attached hydrogen (secondary N) is 1. The number of amides is 2. The number of aromatic nitrogens is 2. The molecule has 8 heteroatoms. The summed E-state index contributed by atoms with van der Waals surface area (Å²) in [5, 5.41) is 2.90. The second-order valence-electron chi connectivity index (χ2n) is 6.31. The van der Waals surface area contributed by atoms with Gasteiger partial charge in [-0.25, -0.2) is 19.2 Å². The van der Waals surface area contributed by atoms with E-state index < -0.39 is 0 Å². The Hall–Kier alpha value is -2.90. The zero-order chi connectivity index (χ0) is 19.2. The lowest BCUT2D eigenvalue weighted by molar-refractivity contribution is 0.194. The molecule has 1 aliphatic heterocycles. The fraction of sp³-hybridized carbons (Fsp3) is 0.421. The molecule has 1 aromatic heterocycles. The maximum Gasteiger partial charge on any atom is 0.317 e. The van der Waals surface area contributed by atoms with Crippen molar-refractivity contribution in [2.24, 2.45) is 0 Å². The van der Waals surface area contributed by atoms with Gasteiger partial charge < -0.3 is 19.9 Å². The van der Waals surface area contributed by atoms with E-state index in [0.717, 1.165) is 12.2 Å². The van der Waals surface area contributed by atoms with Gasteiger partial charge in [0.25, 0.3) is 0 Å². The predicted molar refractivity (Wildman–Crippen MR) is 101 cm³/mol. The monoisotopic (exact) mass is 373 g/mol. The first-order valence-corrected chi connectivity index (χ1v) is 9.06. The minimum atomic E-state index is -0.349. The Morgan fingerprint density at radius 3 is 2.70 bits per heavy atom. The third-order valence-electron chi connectivity index (χ3n) is 4.51. The highest BCUT2D eigenvalue weighted by molar-refractivity contribution is 5.74. The van der Waals surface area contributed by atoms with E-state index >= 15 is 0 Å². The fourth-order valence-electron chi connectivity index (χ4n) is 3.03. The van der Waals surface area contributed by atoms with Crippen molar-refractivity contribution in [3.05, 3.63) is 36.4 Å². The van der Waals surface area contributed by atoms with Crippen molar-refractivity contribution < 1.29 is 13.9 Å². The number of carbonyl (C=O) groups is 1. The highest BCUT2D eigenvalue weighted by atomic mass is 19.1. The number of piperazine rings is 1. The maximum atomic E-state index is 13.7. The number of hydrogen-bond donors (Lipinski definition) is 1. The van der Waals surface area contributed by atoms with Crippen LogP contribution >= 0.6 is 0 Å². The summed E-state index contributed by atoms with van der Waals surface area (Å²) in [6, 6.07) is 6.14. The third kappa shape index (κ3) is 4.45. The third-order valence-corrected chi connectivity index (χ3v) is 4.51. The van der Waals surface area contributed by atoms with Crippen molar-refractivity contribution in [3.63, 3.8) is 0 Å². The molecule has 7 nitrogen and oxygen atoms in total. The molecule has 144 valence electrons. The van der Waals surface area contributed by atoms with E-state index in [9.17, 15) is 9.18 Å². The van der Waals surface area contributed by atoms with Gasteiger partial charge in [0.05, 0.1) is 12.8 Å². The lowest BCUT2D eigenvalue weighted by Crippen LogP contribution is -2.52. The number of methoxy groups -OCH3 is 1. The average molecular weight is 373 g/mol. The number of urea groups is 1. The first-order valence-electron chi connectivity index (χ1n) is 9.06. The van der Waals surface area contributed by atoms with Crippen LogP contribution in [0.25, 0.3) is 11.3 Å². The Morgan fingerprint density at radius 1 is 1.22 bits per heavy atom. The van der Waals surface area contributed by atoms with Crippen molar-refractivity contribution in [2.75, 3.05) is 44.7 Å². The number of carbonyl (C=O) groups excluding carboxylic acids is 1. The zero-order valence-electron chi connectivity index (χ0n) is 15.6. The first kappa shape index (κ1) is 18.9. The molecule has 0 unspecified atom stereocenters. The molecule has 1 N–H and O–H groups in total. The topological polar surface area (TPSA) is 70.6 Å². The first-order chi connectivity index (χ1) is 13.1. The van der Waals surface area contributed by atoms with Gasteiger partial charge in [-0.3, -0.25) is 0 Å². The summed E-state index contributed by atoms with van der Waals surface area (Å²) in [6.07, 6.45) is 2.38. The van der Waals surface area contributed by atoms with Crippen LogP contribution in [0, 0.1) is 5.82 Å². The average Bonchev–Trinajstić information content (AvgIpc) is 2.72. The van der Waals surface area contributed by atoms with E-state index in [2.05, 4.69) is 20.2 Å². The molecule has 2 aromatic rings. The largest absolute Gasteiger partial charge is 0.496 e. The Bertz CT molecular complexity index is 793. The number of benzene rings is 1. The van der Waals surface area contributed by atoms with Gasteiger partial charge >= 0.3 is 6.03 Å². The Labute approximate surface area is 158 Å². The smallest absolute Gasteiger partial charge is 0.317 e. The summed E-state index contributed by atoms with van der Waals surface area (Å²) in [5.41, 5.74) is 1.18. The van der Waals surface area contributed by atoms with Crippen molar-refractivity contribution in [3.8, 4) is 17.0 Å². The Kier molecular flexibility index (Phi) is 6.05. The summed E-state index contributed by atoms with van der Waals surface area (Å²) in [7, 11) is 1.54. The van der Waals surface area contributed by atoms with Crippen LogP contribution in [0.15, 0.2) is 30.6 Å². The number of rotatable bonds is 5. The van der Waals surface area contributed by atoms with Crippen LogP contribution in [0.3, 0.4) is 0 Å². The molecule has 0 saturated carbocycles. The molecule has 0 radical (unpaired) electrons. The lowest BCUT2D eigenvalue weighted by atomic mass is 10.1. The van der Waals surface area contributed by atoms with Gasteiger partial charge in [0, 0.05) is 44.4 Å². The van der Waals surface area contributed by atoms with Crippen molar-refractivity contribution in [2.45, 2.75) is 13.3 Å². The highest BCUT2D eigenvalue weighted by Crippen LogP contribution is 2.30. The highest BCUT2D eigenvalue weighted by Gasteiger charge is 2.22. The molecule has 2 heterocycles. The number of hydrogen-bond acceptors (Lipinski definition) is 5. The molecular weight excluding hydrogens is 349 g/mol. The van der Waals surface area contributed by atoms with Gasteiger partial charge in [0.2, 0.25) is 0 Å². The molecule has 0 bridgehead atoms. The molecule has 27 heavy (non-hydrogen) atoms. The molecular formula is C19H24FN5O2. The number of nitrogens with zero attached hydrogens (tertiary/aromatic N) is 4. The standard InChI is InChI=1S/C19H24FN5O2/c1-3-6-21-19(26)25-9-7-24(8-10-25)18-12-16(22-13-23-18)15-11-14(20)4-5-17(15)27-2/h4-5,11-13H,3,6-10H2,1-2H3,(H,21,26). The van der Waals surface area contributed by atoms with E-state index in [0.29, 0.717) is 49.7 Å². The van der Waals surface area contributed by atoms with Crippen LogP contribution in [-0.2, 0) is 0 Å². The van der Waals surface area contributed by atoms with Crippen LogP contribution in [-0.4, -0.2) is 60.7 Å². The van der Waals surface area contributed by atoms with Crippen LogP contribution in [0.1, 0.15) is 13.3 Å². The van der Waals surface area contributed by atoms with Crippen molar-refractivity contribution in [1.82, 2.24) is 20.2 Å². The van der Waals surface area contributed by atoms with E-state index in [1.165, 1.54) is 18.5 Å².